The summed E-state index contributed by atoms with van der Waals surface area (Å²) in [5.74, 6) is 0.440. The van der Waals surface area contributed by atoms with Crippen LogP contribution in [0.5, 0.6) is 0 Å². The van der Waals surface area contributed by atoms with Gasteiger partial charge in [0.15, 0.2) is 5.96 Å². The topological polar surface area (TPSA) is 79.5 Å². The third kappa shape index (κ3) is 7.15. The van der Waals surface area contributed by atoms with E-state index in [0.717, 1.165) is 23.2 Å². The maximum Gasteiger partial charge on any atom is 0.224 e. The highest BCUT2D eigenvalue weighted by atomic mass is 16.1. The Morgan fingerprint density at radius 3 is 2.57 bits per heavy atom. The first kappa shape index (κ1) is 16.8. The summed E-state index contributed by atoms with van der Waals surface area (Å²) in [5.41, 5.74) is 8.57. The molecule has 0 aliphatic heterocycles. The van der Waals surface area contributed by atoms with Crippen LogP contribution in [-0.4, -0.2) is 18.4 Å². The van der Waals surface area contributed by atoms with E-state index in [9.17, 15) is 4.79 Å². The summed E-state index contributed by atoms with van der Waals surface area (Å²) < 4.78 is 0. The van der Waals surface area contributed by atoms with Crippen molar-refractivity contribution >= 4 is 17.6 Å². The van der Waals surface area contributed by atoms with Gasteiger partial charge in [-0.1, -0.05) is 31.2 Å². The number of benzene rings is 1. The van der Waals surface area contributed by atoms with Gasteiger partial charge < -0.3 is 16.4 Å². The van der Waals surface area contributed by atoms with Crippen LogP contribution in [0.3, 0.4) is 0 Å². The van der Waals surface area contributed by atoms with Crippen molar-refractivity contribution in [2.75, 3.05) is 11.9 Å². The maximum atomic E-state index is 11.5. The van der Waals surface area contributed by atoms with Crippen molar-refractivity contribution < 1.29 is 4.79 Å². The standard InChI is InChI=1S/C16H24N4O/c1-4-5-15(21)20-14-8-6-13(7-9-14)11-19-16(17)18-10-12(2)3/h6-9H,2,4-5,10-11H2,1,3H3,(H,20,21)(H3,17,18,19). The Kier molecular flexibility index (Phi) is 7.01. The number of nitrogens with one attached hydrogen (secondary N) is 2. The van der Waals surface area contributed by atoms with Gasteiger partial charge in [-0.2, -0.15) is 0 Å². The van der Waals surface area contributed by atoms with Crippen molar-refractivity contribution in [2.45, 2.75) is 33.2 Å². The lowest BCUT2D eigenvalue weighted by atomic mass is 10.2. The van der Waals surface area contributed by atoms with E-state index in [2.05, 4.69) is 22.2 Å². The number of carbonyl (C=O) groups is 1. The van der Waals surface area contributed by atoms with Crippen LogP contribution in [0.15, 0.2) is 41.4 Å². The third-order valence-corrected chi connectivity index (χ3v) is 2.72. The van der Waals surface area contributed by atoms with Crippen LogP contribution in [0.1, 0.15) is 32.3 Å². The summed E-state index contributed by atoms with van der Waals surface area (Å²) in [6.07, 6.45) is 1.38. The monoisotopic (exact) mass is 288 g/mol. The number of nitrogens with zero attached hydrogens (tertiary/aromatic N) is 1. The fourth-order valence-corrected chi connectivity index (χ4v) is 1.62. The number of nitrogens with two attached hydrogens (primary N) is 1. The van der Waals surface area contributed by atoms with Crippen LogP contribution in [-0.2, 0) is 11.3 Å². The number of guanidine groups is 1. The van der Waals surface area contributed by atoms with Crippen LogP contribution >= 0.6 is 0 Å². The summed E-state index contributed by atoms with van der Waals surface area (Å²) in [7, 11) is 0. The van der Waals surface area contributed by atoms with Gasteiger partial charge in [0.2, 0.25) is 5.91 Å². The minimum Gasteiger partial charge on any atom is -0.370 e. The molecule has 0 heterocycles. The Bertz CT molecular complexity index is 506. The normalized spacial score (nSPS) is 11.0. The molecule has 1 rings (SSSR count). The molecule has 0 unspecified atom stereocenters. The molecule has 114 valence electrons. The number of hydrogen-bond donors (Lipinski definition) is 3. The van der Waals surface area contributed by atoms with Crippen LogP contribution in [0, 0.1) is 0 Å². The molecule has 21 heavy (non-hydrogen) atoms. The summed E-state index contributed by atoms with van der Waals surface area (Å²) >= 11 is 0. The van der Waals surface area contributed by atoms with Crippen molar-refractivity contribution in [1.29, 1.82) is 0 Å². The number of amides is 1. The van der Waals surface area contributed by atoms with Crippen molar-refractivity contribution in [3.8, 4) is 0 Å². The van der Waals surface area contributed by atoms with E-state index in [4.69, 9.17) is 5.73 Å². The van der Waals surface area contributed by atoms with E-state index < -0.39 is 0 Å². The highest BCUT2D eigenvalue weighted by Gasteiger charge is 2.00. The van der Waals surface area contributed by atoms with Gasteiger partial charge in [0.25, 0.3) is 0 Å². The molecular formula is C16H24N4O. The molecule has 0 aromatic heterocycles. The number of carbonyl (C=O) groups excluding carboxylic acids is 1. The number of aliphatic imine (C=N–C) groups is 1. The molecule has 0 aliphatic rings. The zero-order valence-electron chi connectivity index (χ0n) is 12.8. The molecule has 5 nitrogen and oxygen atoms in total. The smallest absolute Gasteiger partial charge is 0.224 e. The van der Waals surface area contributed by atoms with E-state index >= 15 is 0 Å². The van der Waals surface area contributed by atoms with E-state index in [0.29, 0.717) is 25.5 Å². The minimum atomic E-state index is 0.0384. The Morgan fingerprint density at radius 1 is 1.33 bits per heavy atom. The summed E-state index contributed by atoms with van der Waals surface area (Å²) in [6, 6.07) is 7.60. The van der Waals surface area contributed by atoms with Crippen LogP contribution in [0.4, 0.5) is 5.69 Å². The quantitative estimate of drug-likeness (QED) is 0.409. The van der Waals surface area contributed by atoms with Gasteiger partial charge >= 0.3 is 0 Å². The lowest BCUT2D eigenvalue weighted by Gasteiger charge is -2.06. The van der Waals surface area contributed by atoms with E-state index in [1.807, 2.05) is 38.1 Å². The van der Waals surface area contributed by atoms with Gasteiger partial charge in [0, 0.05) is 18.7 Å². The first-order chi connectivity index (χ1) is 10.0. The van der Waals surface area contributed by atoms with E-state index in [1.54, 1.807) is 0 Å². The van der Waals surface area contributed by atoms with Gasteiger partial charge in [-0.25, -0.2) is 4.99 Å². The predicted octanol–water partition coefficient (Wildman–Crippen LogP) is 2.41. The fourth-order valence-electron chi connectivity index (χ4n) is 1.62. The van der Waals surface area contributed by atoms with Crippen LogP contribution in [0.25, 0.3) is 0 Å². The lowest BCUT2D eigenvalue weighted by molar-refractivity contribution is -0.116. The first-order valence-electron chi connectivity index (χ1n) is 7.08. The molecule has 0 atom stereocenters. The Morgan fingerprint density at radius 2 is 2.00 bits per heavy atom. The molecule has 0 fully saturated rings. The minimum absolute atomic E-state index is 0.0384. The zero-order valence-corrected chi connectivity index (χ0v) is 12.8. The first-order valence-corrected chi connectivity index (χ1v) is 7.08. The van der Waals surface area contributed by atoms with Gasteiger partial charge in [-0.15, -0.1) is 0 Å². The molecule has 0 saturated heterocycles. The highest BCUT2D eigenvalue weighted by Crippen LogP contribution is 2.11. The molecule has 0 bridgehead atoms. The Labute approximate surface area is 126 Å². The molecule has 0 radical (unpaired) electrons. The molecule has 0 aliphatic carbocycles. The van der Waals surface area contributed by atoms with Gasteiger partial charge in [0.05, 0.1) is 6.54 Å². The molecule has 1 aromatic rings. The number of hydrogen-bond acceptors (Lipinski definition) is 2. The highest BCUT2D eigenvalue weighted by molar-refractivity contribution is 5.90. The second kappa shape index (κ2) is 8.79. The summed E-state index contributed by atoms with van der Waals surface area (Å²) in [6.45, 7) is 8.81. The van der Waals surface area contributed by atoms with E-state index in [-0.39, 0.29) is 5.91 Å². The van der Waals surface area contributed by atoms with Crippen molar-refractivity contribution in [2.24, 2.45) is 10.7 Å². The summed E-state index contributed by atoms with van der Waals surface area (Å²) in [5, 5.41) is 5.82. The Balaban J connectivity index is 2.49. The van der Waals surface area contributed by atoms with Crippen LogP contribution in [0.2, 0.25) is 0 Å². The Hall–Kier alpha value is -2.30. The number of rotatable bonds is 7. The van der Waals surface area contributed by atoms with Crippen molar-refractivity contribution in [3.05, 3.63) is 42.0 Å². The molecule has 0 saturated carbocycles. The van der Waals surface area contributed by atoms with Gasteiger partial charge in [0.1, 0.15) is 0 Å². The molecule has 4 N–H and O–H groups in total. The average Bonchev–Trinajstić information content (AvgIpc) is 2.44. The van der Waals surface area contributed by atoms with E-state index in [1.165, 1.54) is 0 Å². The zero-order chi connectivity index (χ0) is 15.7. The SMILES string of the molecule is C=C(C)CNC(N)=NCc1ccc(NC(=O)CCC)cc1. The van der Waals surface area contributed by atoms with Gasteiger partial charge in [-0.05, 0) is 31.0 Å². The summed E-state index contributed by atoms with van der Waals surface area (Å²) in [4.78, 5) is 15.7. The molecule has 5 heteroatoms. The molecular weight excluding hydrogens is 264 g/mol. The van der Waals surface area contributed by atoms with Crippen LogP contribution < -0.4 is 16.4 Å². The van der Waals surface area contributed by atoms with Gasteiger partial charge in [-0.3, -0.25) is 4.79 Å². The predicted molar refractivity (Wildman–Crippen MR) is 88.1 cm³/mol. The molecule has 1 amide bonds. The maximum absolute atomic E-state index is 11.5. The second-order valence-corrected chi connectivity index (χ2v) is 5.01. The molecule has 1 aromatic carbocycles. The third-order valence-electron chi connectivity index (χ3n) is 2.72. The largest absolute Gasteiger partial charge is 0.370 e. The van der Waals surface area contributed by atoms with Crippen molar-refractivity contribution in [1.82, 2.24) is 5.32 Å². The van der Waals surface area contributed by atoms with Crippen molar-refractivity contribution in [3.63, 3.8) is 0 Å². The second-order valence-electron chi connectivity index (χ2n) is 5.01. The lowest BCUT2D eigenvalue weighted by Crippen LogP contribution is -2.32. The fraction of sp³-hybridized carbons (Fsp3) is 0.375. The average molecular weight is 288 g/mol. The molecule has 0 spiro atoms. The number of anilines is 1.